The number of carbonyl (C=O) groups excluding carboxylic acids is 1. The molecule has 1 aliphatic rings. The van der Waals surface area contributed by atoms with Crippen LogP contribution in [0.15, 0.2) is 5.51 Å². The normalized spacial score (nSPS) is 21.1. The molecule has 0 bridgehead atoms. The summed E-state index contributed by atoms with van der Waals surface area (Å²) in [6.07, 6.45) is 4.60. The Kier molecular flexibility index (Phi) is 3.59. The number of piperidine rings is 1. The third-order valence-electron chi connectivity index (χ3n) is 3.30. The smallest absolute Gasteiger partial charge is 0.266 e. The Labute approximate surface area is 100 Å². The molecule has 0 radical (unpaired) electrons. The first kappa shape index (κ1) is 11.6. The predicted molar refractivity (Wildman–Crippen MR) is 65.8 cm³/mol. The van der Waals surface area contributed by atoms with E-state index in [-0.39, 0.29) is 5.91 Å². The molecular formula is C12H18N2OS. The number of aryl methyl sites for hydroxylation is 1. The van der Waals surface area contributed by atoms with Crippen molar-refractivity contribution in [2.24, 2.45) is 0 Å². The van der Waals surface area contributed by atoms with E-state index in [1.54, 1.807) is 5.51 Å². The quantitative estimate of drug-likeness (QED) is 0.793. The monoisotopic (exact) mass is 238 g/mol. The fourth-order valence-electron chi connectivity index (χ4n) is 2.33. The average molecular weight is 238 g/mol. The van der Waals surface area contributed by atoms with Crippen LogP contribution in [0.4, 0.5) is 0 Å². The van der Waals surface area contributed by atoms with Gasteiger partial charge >= 0.3 is 0 Å². The highest BCUT2D eigenvalue weighted by Crippen LogP contribution is 2.24. The zero-order chi connectivity index (χ0) is 11.5. The van der Waals surface area contributed by atoms with E-state index in [0.29, 0.717) is 6.04 Å². The Balaban J connectivity index is 2.17. The second-order valence-corrected chi connectivity index (χ2v) is 5.18. The van der Waals surface area contributed by atoms with E-state index in [2.05, 4.69) is 11.9 Å². The molecule has 1 aromatic heterocycles. The number of carbonyl (C=O) groups is 1. The molecule has 0 N–H and O–H groups in total. The van der Waals surface area contributed by atoms with Gasteiger partial charge in [0.25, 0.3) is 5.91 Å². The van der Waals surface area contributed by atoms with E-state index in [1.165, 1.54) is 17.8 Å². The van der Waals surface area contributed by atoms with Gasteiger partial charge in [0.05, 0.1) is 11.2 Å². The van der Waals surface area contributed by atoms with Crippen LogP contribution in [0.2, 0.25) is 0 Å². The molecule has 2 rings (SSSR count). The Morgan fingerprint density at radius 1 is 1.62 bits per heavy atom. The first-order valence-corrected chi connectivity index (χ1v) is 6.83. The summed E-state index contributed by atoms with van der Waals surface area (Å²) in [6.45, 7) is 4.99. The molecule has 88 valence electrons. The van der Waals surface area contributed by atoms with Crippen LogP contribution in [0, 0.1) is 6.92 Å². The molecule has 0 saturated carbocycles. The van der Waals surface area contributed by atoms with E-state index >= 15 is 0 Å². The van der Waals surface area contributed by atoms with E-state index in [0.717, 1.165) is 36.4 Å². The zero-order valence-electron chi connectivity index (χ0n) is 9.90. The van der Waals surface area contributed by atoms with Crippen LogP contribution in [0.1, 0.15) is 48.0 Å². The molecule has 1 atom stereocenters. The van der Waals surface area contributed by atoms with E-state index < -0.39 is 0 Å². The van der Waals surface area contributed by atoms with Crippen molar-refractivity contribution in [3.63, 3.8) is 0 Å². The summed E-state index contributed by atoms with van der Waals surface area (Å²) >= 11 is 1.46. The molecule has 0 aliphatic carbocycles. The topological polar surface area (TPSA) is 33.2 Å². The number of hydrogen-bond donors (Lipinski definition) is 0. The minimum Gasteiger partial charge on any atom is -0.335 e. The van der Waals surface area contributed by atoms with Crippen LogP contribution < -0.4 is 0 Å². The third-order valence-corrected chi connectivity index (χ3v) is 4.22. The van der Waals surface area contributed by atoms with Crippen LogP contribution >= 0.6 is 11.3 Å². The molecular weight excluding hydrogens is 220 g/mol. The molecule has 2 heterocycles. The van der Waals surface area contributed by atoms with Gasteiger partial charge in [-0.3, -0.25) is 4.79 Å². The van der Waals surface area contributed by atoms with Crippen LogP contribution in [0.3, 0.4) is 0 Å². The molecule has 16 heavy (non-hydrogen) atoms. The van der Waals surface area contributed by atoms with Gasteiger partial charge in [-0.25, -0.2) is 4.98 Å². The molecule has 0 aromatic carbocycles. The SMILES string of the molecule is CC[C@@H]1CCCCN1C(=O)c1scnc1C. The van der Waals surface area contributed by atoms with Crippen LogP contribution in [-0.2, 0) is 0 Å². The van der Waals surface area contributed by atoms with Gasteiger partial charge in [-0.1, -0.05) is 6.92 Å². The van der Waals surface area contributed by atoms with Crippen LogP contribution in [0.5, 0.6) is 0 Å². The lowest BCUT2D eigenvalue weighted by atomic mass is 10.00. The first-order valence-electron chi connectivity index (χ1n) is 5.95. The highest BCUT2D eigenvalue weighted by Gasteiger charge is 2.27. The lowest BCUT2D eigenvalue weighted by Gasteiger charge is -2.35. The van der Waals surface area contributed by atoms with Crippen molar-refractivity contribution in [2.45, 2.75) is 45.6 Å². The number of rotatable bonds is 2. The van der Waals surface area contributed by atoms with Crippen molar-refractivity contribution in [1.82, 2.24) is 9.88 Å². The van der Waals surface area contributed by atoms with Crippen LogP contribution in [0.25, 0.3) is 0 Å². The summed E-state index contributed by atoms with van der Waals surface area (Å²) in [5.74, 6) is 0.187. The Morgan fingerprint density at radius 2 is 2.44 bits per heavy atom. The van der Waals surface area contributed by atoms with Crippen LogP contribution in [-0.4, -0.2) is 28.4 Å². The third kappa shape index (κ3) is 2.12. The lowest BCUT2D eigenvalue weighted by Crippen LogP contribution is -2.43. The number of thiazole rings is 1. The number of nitrogens with zero attached hydrogens (tertiary/aromatic N) is 2. The number of likely N-dealkylation sites (tertiary alicyclic amines) is 1. The van der Waals surface area contributed by atoms with Gasteiger partial charge in [0.1, 0.15) is 4.88 Å². The van der Waals surface area contributed by atoms with Gasteiger partial charge in [-0.2, -0.15) is 0 Å². The fourth-order valence-corrected chi connectivity index (χ4v) is 3.09. The van der Waals surface area contributed by atoms with Gasteiger partial charge in [0.2, 0.25) is 0 Å². The van der Waals surface area contributed by atoms with Gasteiger partial charge in [0.15, 0.2) is 0 Å². The van der Waals surface area contributed by atoms with E-state index in [1.807, 2.05) is 11.8 Å². The van der Waals surface area contributed by atoms with E-state index in [9.17, 15) is 4.79 Å². The summed E-state index contributed by atoms with van der Waals surface area (Å²) in [5, 5.41) is 0. The summed E-state index contributed by atoms with van der Waals surface area (Å²) in [4.78, 5) is 19.4. The molecule has 1 amide bonds. The summed E-state index contributed by atoms with van der Waals surface area (Å²) < 4.78 is 0. The molecule has 1 aromatic rings. The minimum atomic E-state index is 0.187. The molecule has 1 saturated heterocycles. The van der Waals surface area contributed by atoms with Gasteiger partial charge in [0, 0.05) is 12.6 Å². The molecule has 1 aliphatic heterocycles. The Hall–Kier alpha value is -0.900. The first-order chi connectivity index (χ1) is 7.74. The number of aromatic nitrogens is 1. The second kappa shape index (κ2) is 4.95. The summed E-state index contributed by atoms with van der Waals surface area (Å²) in [7, 11) is 0. The molecule has 1 fully saturated rings. The molecule has 3 nitrogen and oxygen atoms in total. The molecule has 0 spiro atoms. The van der Waals surface area contributed by atoms with Crippen molar-refractivity contribution < 1.29 is 4.79 Å². The van der Waals surface area contributed by atoms with Gasteiger partial charge in [-0.05, 0) is 32.6 Å². The largest absolute Gasteiger partial charge is 0.335 e. The lowest BCUT2D eigenvalue weighted by molar-refractivity contribution is 0.0612. The standard InChI is InChI=1S/C12H18N2OS/c1-3-10-6-4-5-7-14(10)12(15)11-9(2)13-8-16-11/h8,10H,3-7H2,1-2H3/t10-/m1/s1. The van der Waals surface area contributed by atoms with Crippen molar-refractivity contribution in [2.75, 3.05) is 6.54 Å². The fraction of sp³-hybridized carbons (Fsp3) is 0.667. The average Bonchev–Trinajstić information content (AvgIpc) is 2.74. The van der Waals surface area contributed by atoms with Crippen molar-refractivity contribution in [1.29, 1.82) is 0 Å². The minimum absolute atomic E-state index is 0.187. The van der Waals surface area contributed by atoms with Gasteiger partial charge < -0.3 is 4.90 Å². The Bertz CT molecular complexity index is 375. The molecule has 0 unspecified atom stereocenters. The van der Waals surface area contributed by atoms with Crippen molar-refractivity contribution in [3.8, 4) is 0 Å². The molecule has 4 heteroatoms. The van der Waals surface area contributed by atoms with Gasteiger partial charge in [-0.15, -0.1) is 11.3 Å². The summed E-state index contributed by atoms with van der Waals surface area (Å²) in [5.41, 5.74) is 2.63. The predicted octanol–water partition coefficient (Wildman–Crippen LogP) is 2.86. The zero-order valence-corrected chi connectivity index (χ0v) is 10.7. The maximum Gasteiger partial charge on any atom is 0.266 e. The van der Waals surface area contributed by atoms with Crippen molar-refractivity contribution >= 4 is 17.2 Å². The number of amides is 1. The van der Waals surface area contributed by atoms with Crippen molar-refractivity contribution in [3.05, 3.63) is 16.1 Å². The highest BCUT2D eigenvalue weighted by atomic mass is 32.1. The number of hydrogen-bond acceptors (Lipinski definition) is 3. The summed E-state index contributed by atoms with van der Waals surface area (Å²) in [6, 6.07) is 0.433. The second-order valence-electron chi connectivity index (χ2n) is 4.32. The van der Waals surface area contributed by atoms with E-state index in [4.69, 9.17) is 0 Å². The Morgan fingerprint density at radius 3 is 3.06 bits per heavy atom. The highest BCUT2D eigenvalue weighted by molar-refractivity contribution is 7.11. The maximum absolute atomic E-state index is 12.3. The maximum atomic E-state index is 12.3.